The average Bonchev–Trinajstić information content (AvgIpc) is 3.35. The summed E-state index contributed by atoms with van der Waals surface area (Å²) in [4.78, 5) is 12.8. The number of imidazole rings is 1. The zero-order chi connectivity index (χ0) is 25.9. The van der Waals surface area contributed by atoms with Gasteiger partial charge in [0, 0.05) is 39.4 Å². The normalized spacial score (nSPS) is 18.6. The summed E-state index contributed by atoms with van der Waals surface area (Å²) >= 11 is 0. The average molecular weight is 517 g/mol. The molecule has 0 amide bonds. The molecular formula is C29H36N6O3. The number of hydrogen-bond donors (Lipinski definition) is 0. The van der Waals surface area contributed by atoms with Crippen molar-refractivity contribution in [2.24, 2.45) is 5.10 Å². The van der Waals surface area contributed by atoms with Gasteiger partial charge in [-0.3, -0.25) is 0 Å². The molecule has 9 heteroatoms. The van der Waals surface area contributed by atoms with Crippen molar-refractivity contribution < 1.29 is 14.2 Å². The summed E-state index contributed by atoms with van der Waals surface area (Å²) < 4.78 is 19.0. The molecule has 1 aromatic carbocycles. The van der Waals surface area contributed by atoms with Crippen molar-refractivity contribution in [3.05, 3.63) is 53.4 Å². The van der Waals surface area contributed by atoms with Gasteiger partial charge in [-0.25, -0.2) is 15.0 Å². The van der Waals surface area contributed by atoms with Crippen LogP contribution in [0.2, 0.25) is 0 Å². The number of aryl methyl sites for hydroxylation is 1. The van der Waals surface area contributed by atoms with Crippen LogP contribution in [0.3, 0.4) is 0 Å². The minimum Gasteiger partial charge on any atom is -0.383 e. The van der Waals surface area contributed by atoms with Crippen LogP contribution in [0.4, 0.5) is 11.5 Å². The third kappa shape index (κ3) is 5.06. The summed E-state index contributed by atoms with van der Waals surface area (Å²) in [7, 11) is 1.74. The summed E-state index contributed by atoms with van der Waals surface area (Å²) in [5, 5.41) is 7.18. The van der Waals surface area contributed by atoms with Crippen molar-refractivity contribution in [1.82, 2.24) is 14.5 Å². The number of ether oxygens (including phenoxy) is 3. The fraction of sp³-hybridized carbons (Fsp3) is 0.483. The van der Waals surface area contributed by atoms with Crippen molar-refractivity contribution in [3.8, 4) is 0 Å². The molecule has 0 aliphatic carbocycles. The molecule has 2 aromatic heterocycles. The van der Waals surface area contributed by atoms with Gasteiger partial charge in [0.1, 0.15) is 11.3 Å². The van der Waals surface area contributed by atoms with E-state index in [9.17, 15) is 0 Å². The van der Waals surface area contributed by atoms with E-state index in [4.69, 9.17) is 29.3 Å². The Morgan fingerprint density at radius 3 is 2.68 bits per heavy atom. The van der Waals surface area contributed by atoms with E-state index in [-0.39, 0.29) is 0 Å². The van der Waals surface area contributed by atoms with Crippen molar-refractivity contribution in [3.63, 3.8) is 0 Å². The largest absolute Gasteiger partial charge is 0.383 e. The topological polar surface area (TPSA) is 77.2 Å². The van der Waals surface area contributed by atoms with Gasteiger partial charge in [-0.15, -0.1) is 0 Å². The van der Waals surface area contributed by atoms with Gasteiger partial charge in [-0.2, -0.15) is 5.10 Å². The fourth-order valence-electron chi connectivity index (χ4n) is 5.44. The van der Waals surface area contributed by atoms with E-state index in [0.29, 0.717) is 39.6 Å². The predicted molar refractivity (Wildman–Crippen MR) is 150 cm³/mol. The van der Waals surface area contributed by atoms with E-state index < -0.39 is 0 Å². The van der Waals surface area contributed by atoms with E-state index in [2.05, 4.69) is 57.8 Å². The number of methoxy groups -OCH3 is 1. The van der Waals surface area contributed by atoms with Crippen LogP contribution in [0.25, 0.3) is 16.7 Å². The van der Waals surface area contributed by atoms with Crippen LogP contribution < -0.4 is 9.91 Å². The van der Waals surface area contributed by atoms with E-state index in [1.54, 1.807) is 7.11 Å². The van der Waals surface area contributed by atoms with E-state index in [1.165, 1.54) is 16.7 Å². The molecule has 3 aliphatic rings. The maximum Gasteiger partial charge on any atom is 0.164 e. The van der Waals surface area contributed by atoms with Gasteiger partial charge in [-0.1, -0.05) is 35.9 Å². The molecule has 1 fully saturated rings. The van der Waals surface area contributed by atoms with E-state index in [1.807, 2.05) is 0 Å². The summed E-state index contributed by atoms with van der Waals surface area (Å²) in [6.07, 6.45) is 4.98. The zero-order valence-electron chi connectivity index (χ0n) is 22.4. The van der Waals surface area contributed by atoms with Crippen LogP contribution in [0.1, 0.15) is 36.2 Å². The molecule has 38 heavy (non-hydrogen) atoms. The molecular weight excluding hydrogens is 480 g/mol. The van der Waals surface area contributed by atoms with Crippen LogP contribution in [-0.4, -0.2) is 80.0 Å². The first-order valence-electron chi connectivity index (χ1n) is 13.6. The van der Waals surface area contributed by atoms with Crippen LogP contribution in [-0.2, 0) is 20.8 Å². The molecule has 9 nitrogen and oxygen atoms in total. The number of morpholine rings is 1. The Morgan fingerprint density at radius 2 is 1.89 bits per heavy atom. The number of nitrogens with zero attached hydrogens (tertiary/aromatic N) is 6. The summed E-state index contributed by atoms with van der Waals surface area (Å²) in [6, 6.07) is 10.8. The number of fused-ring (bicyclic) bond motifs is 1. The maximum atomic E-state index is 5.68. The number of aromatic nitrogens is 3. The van der Waals surface area contributed by atoms with Gasteiger partial charge in [0.15, 0.2) is 11.5 Å². The molecule has 0 radical (unpaired) electrons. The minimum atomic E-state index is 0.584. The van der Waals surface area contributed by atoms with E-state index >= 15 is 0 Å². The lowest BCUT2D eigenvalue weighted by atomic mass is 10.0. The first-order chi connectivity index (χ1) is 18.7. The third-order valence-electron chi connectivity index (χ3n) is 7.43. The summed E-state index contributed by atoms with van der Waals surface area (Å²) in [6.45, 7) is 8.61. The van der Waals surface area contributed by atoms with Crippen molar-refractivity contribution >= 4 is 34.0 Å². The van der Waals surface area contributed by atoms with Gasteiger partial charge < -0.3 is 23.7 Å². The molecule has 5 heterocycles. The molecule has 3 aliphatic heterocycles. The van der Waals surface area contributed by atoms with Crippen LogP contribution in [0, 0.1) is 6.92 Å². The maximum absolute atomic E-state index is 5.68. The number of benzene rings is 1. The Balaban J connectivity index is 1.49. The summed E-state index contributed by atoms with van der Waals surface area (Å²) in [5.74, 6) is 1.82. The Kier molecular flexibility index (Phi) is 7.40. The number of anilines is 2. The highest BCUT2D eigenvalue weighted by Crippen LogP contribution is 2.34. The highest BCUT2D eigenvalue weighted by molar-refractivity contribution is 6.01. The second-order valence-electron chi connectivity index (χ2n) is 10.0. The zero-order valence-corrected chi connectivity index (χ0v) is 22.4. The lowest BCUT2D eigenvalue weighted by Crippen LogP contribution is -2.36. The second-order valence-corrected chi connectivity index (χ2v) is 10.0. The standard InChI is InChI=1S/C29H36N6O3/c1-21-5-3-6-23(19-21)24-7-4-10-35(32-24)26-20-25(33-11-17-38-18-12-33)27-29(30-26)34(13-16-36-2)28(31-27)22-8-14-37-15-9-22/h3,5-6,8,19-20H,4,7,9-18H2,1-2H3. The molecule has 0 N–H and O–H groups in total. The molecule has 0 bridgehead atoms. The number of hydrogen-bond acceptors (Lipinski definition) is 8. The molecule has 0 saturated carbocycles. The van der Waals surface area contributed by atoms with Crippen molar-refractivity contribution in [1.29, 1.82) is 0 Å². The monoisotopic (exact) mass is 516 g/mol. The van der Waals surface area contributed by atoms with Gasteiger partial charge in [0.25, 0.3) is 0 Å². The number of pyridine rings is 1. The van der Waals surface area contributed by atoms with Crippen LogP contribution >= 0.6 is 0 Å². The fourth-order valence-corrected chi connectivity index (χ4v) is 5.44. The molecule has 1 saturated heterocycles. The third-order valence-corrected chi connectivity index (χ3v) is 7.43. The van der Waals surface area contributed by atoms with Gasteiger partial charge in [0.05, 0.1) is 44.4 Å². The number of rotatable bonds is 7. The Bertz CT molecular complexity index is 1360. The van der Waals surface area contributed by atoms with Gasteiger partial charge in [-0.05, 0) is 37.3 Å². The highest BCUT2D eigenvalue weighted by Gasteiger charge is 2.26. The molecule has 6 rings (SSSR count). The lowest BCUT2D eigenvalue weighted by Gasteiger charge is -2.30. The Morgan fingerprint density at radius 1 is 1.00 bits per heavy atom. The smallest absolute Gasteiger partial charge is 0.164 e. The second kappa shape index (κ2) is 11.2. The van der Waals surface area contributed by atoms with Gasteiger partial charge in [0.2, 0.25) is 0 Å². The lowest BCUT2D eigenvalue weighted by molar-refractivity contribution is 0.123. The van der Waals surface area contributed by atoms with Gasteiger partial charge >= 0.3 is 0 Å². The Labute approximate surface area is 223 Å². The predicted octanol–water partition coefficient (Wildman–Crippen LogP) is 4.03. The van der Waals surface area contributed by atoms with Crippen LogP contribution in [0.5, 0.6) is 0 Å². The van der Waals surface area contributed by atoms with Crippen molar-refractivity contribution in [2.75, 3.05) is 69.7 Å². The number of hydrazone groups is 1. The first kappa shape index (κ1) is 25.0. The SMILES string of the molecule is COCCn1c(C2=CCOCC2)nc2c(N3CCOCC3)cc(N3CCCC(c4cccc(C)c4)=N3)nc21. The minimum absolute atomic E-state index is 0.584. The summed E-state index contributed by atoms with van der Waals surface area (Å²) in [5.41, 5.74) is 7.64. The molecule has 0 spiro atoms. The van der Waals surface area contributed by atoms with E-state index in [0.717, 1.165) is 73.1 Å². The quantitative estimate of drug-likeness (QED) is 0.469. The molecule has 0 unspecified atom stereocenters. The molecule has 3 aromatic rings. The van der Waals surface area contributed by atoms with Crippen LogP contribution in [0.15, 0.2) is 41.5 Å². The first-order valence-corrected chi connectivity index (χ1v) is 13.6. The molecule has 200 valence electrons. The Hall–Kier alpha value is -3.27. The molecule has 0 atom stereocenters. The highest BCUT2D eigenvalue weighted by atomic mass is 16.5. The van der Waals surface area contributed by atoms with Crippen molar-refractivity contribution in [2.45, 2.75) is 32.7 Å².